The number of amides is 2. The van der Waals surface area contributed by atoms with Crippen molar-refractivity contribution in [2.45, 2.75) is 13.3 Å². The number of carbonyl (C=O) groups excluding carboxylic acids is 2. The van der Waals surface area contributed by atoms with Crippen LogP contribution in [0.25, 0.3) is 10.1 Å². The summed E-state index contributed by atoms with van der Waals surface area (Å²) in [7, 11) is 0. The molecule has 1 aromatic carbocycles. The van der Waals surface area contributed by atoms with Crippen LogP contribution >= 0.6 is 22.7 Å². The molecule has 0 saturated heterocycles. The van der Waals surface area contributed by atoms with Crippen molar-refractivity contribution >= 4 is 49.6 Å². The van der Waals surface area contributed by atoms with Gasteiger partial charge < -0.3 is 11.1 Å². The number of thiophene rings is 2. The van der Waals surface area contributed by atoms with Gasteiger partial charge in [-0.25, -0.2) is 0 Å². The first-order chi connectivity index (χ1) is 10.6. The van der Waals surface area contributed by atoms with Crippen LogP contribution in [0.4, 0.5) is 5.00 Å². The van der Waals surface area contributed by atoms with E-state index in [1.165, 1.54) is 11.3 Å². The molecule has 22 heavy (non-hydrogen) atoms. The number of carbonyl (C=O) groups is 2. The third-order valence-electron chi connectivity index (χ3n) is 3.39. The lowest BCUT2D eigenvalue weighted by Gasteiger charge is -2.05. The molecule has 3 rings (SSSR count). The first kappa shape index (κ1) is 14.7. The molecular formula is C16H14N2O2S2. The van der Waals surface area contributed by atoms with Crippen molar-refractivity contribution in [3.05, 3.63) is 51.7 Å². The fraction of sp³-hybridized carbons (Fsp3) is 0.125. The van der Waals surface area contributed by atoms with Crippen LogP contribution in [0.15, 0.2) is 35.0 Å². The molecule has 0 atom stereocenters. The highest BCUT2D eigenvalue weighted by Gasteiger charge is 2.17. The molecule has 112 valence electrons. The van der Waals surface area contributed by atoms with Gasteiger partial charge in [-0.2, -0.15) is 0 Å². The molecule has 2 heterocycles. The Kier molecular flexibility index (Phi) is 3.96. The van der Waals surface area contributed by atoms with E-state index >= 15 is 0 Å². The molecule has 0 bridgehead atoms. The van der Waals surface area contributed by atoms with Crippen molar-refractivity contribution < 1.29 is 9.59 Å². The van der Waals surface area contributed by atoms with Crippen LogP contribution in [0.1, 0.15) is 21.5 Å². The van der Waals surface area contributed by atoms with E-state index in [1.807, 2.05) is 35.0 Å². The van der Waals surface area contributed by atoms with Crippen LogP contribution in [0.2, 0.25) is 0 Å². The van der Waals surface area contributed by atoms with Gasteiger partial charge in [0.1, 0.15) is 5.00 Å². The first-order valence-corrected chi connectivity index (χ1v) is 8.45. The summed E-state index contributed by atoms with van der Waals surface area (Å²) in [6, 6.07) is 7.99. The van der Waals surface area contributed by atoms with Crippen molar-refractivity contribution in [3.8, 4) is 0 Å². The standard InChI is InChI=1S/C16H14N2O2S2/c1-9-7-22-16(14(9)15(17)20)18-13(19)6-10-8-21-12-5-3-2-4-11(10)12/h2-5,7-8H,6H2,1H3,(H2,17,20)(H,18,19). The van der Waals surface area contributed by atoms with E-state index < -0.39 is 5.91 Å². The lowest BCUT2D eigenvalue weighted by atomic mass is 10.1. The molecule has 2 amide bonds. The molecule has 0 saturated carbocycles. The monoisotopic (exact) mass is 330 g/mol. The molecule has 0 aliphatic heterocycles. The highest BCUT2D eigenvalue weighted by atomic mass is 32.1. The Labute approximate surface area is 135 Å². The molecule has 0 fully saturated rings. The van der Waals surface area contributed by atoms with E-state index in [9.17, 15) is 9.59 Å². The highest BCUT2D eigenvalue weighted by Crippen LogP contribution is 2.29. The zero-order valence-electron chi connectivity index (χ0n) is 11.9. The van der Waals surface area contributed by atoms with E-state index in [0.717, 1.165) is 21.2 Å². The second-order valence-electron chi connectivity index (χ2n) is 4.97. The van der Waals surface area contributed by atoms with E-state index in [1.54, 1.807) is 18.3 Å². The number of aryl methyl sites for hydroxylation is 1. The van der Waals surface area contributed by atoms with E-state index in [4.69, 9.17) is 5.73 Å². The van der Waals surface area contributed by atoms with Gasteiger partial charge >= 0.3 is 0 Å². The van der Waals surface area contributed by atoms with Gasteiger partial charge in [-0.3, -0.25) is 9.59 Å². The average molecular weight is 330 g/mol. The summed E-state index contributed by atoms with van der Waals surface area (Å²) < 4.78 is 1.16. The third-order valence-corrected chi connectivity index (χ3v) is 5.41. The number of fused-ring (bicyclic) bond motifs is 1. The molecule has 4 nitrogen and oxygen atoms in total. The fourth-order valence-corrected chi connectivity index (χ4v) is 4.28. The van der Waals surface area contributed by atoms with Gasteiger partial charge in [0.05, 0.1) is 12.0 Å². The number of primary amides is 1. The molecule has 0 spiro atoms. The van der Waals surface area contributed by atoms with Gasteiger partial charge in [0.2, 0.25) is 5.91 Å². The Balaban J connectivity index is 1.80. The molecule has 0 aliphatic carbocycles. The number of anilines is 1. The van der Waals surface area contributed by atoms with Gasteiger partial charge in [0.15, 0.2) is 0 Å². The average Bonchev–Trinajstić information content (AvgIpc) is 3.03. The summed E-state index contributed by atoms with van der Waals surface area (Å²) in [5.74, 6) is -0.664. The van der Waals surface area contributed by atoms with Crippen LogP contribution in [-0.4, -0.2) is 11.8 Å². The number of nitrogens with one attached hydrogen (secondary N) is 1. The molecule has 0 aliphatic rings. The van der Waals surface area contributed by atoms with Gasteiger partial charge in [0, 0.05) is 4.70 Å². The van der Waals surface area contributed by atoms with Crippen molar-refractivity contribution in [1.29, 1.82) is 0 Å². The lowest BCUT2D eigenvalue weighted by molar-refractivity contribution is -0.115. The van der Waals surface area contributed by atoms with E-state index in [-0.39, 0.29) is 12.3 Å². The van der Waals surface area contributed by atoms with Crippen molar-refractivity contribution in [2.75, 3.05) is 5.32 Å². The number of rotatable bonds is 4. The van der Waals surface area contributed by atoms with Crippen LogP contribution in [0.3, 0.4) is 0 Å². The van der Waals surface area contributed by atoms with Crippen LogP contribution in [0.5, 0.6) is 0 Å². The maximum Gasteiger partial charge on any atom is 0.251 e. The summed E-state index contributed by atoms with van der Waals surface area (Å²) >= 11 is 2.94. The smallest absolute Gasteiger partial charge is 0.251 e. The summed E-state index contributed by atoms with van der Waals surface area (Å²) in [6.45, 7) is 1.80. The van der Waals surface area contributed by atoms with Crippen molar-refractivity contribution in [3.63, 3.8) is 0 Å². The van der Waals surface area contributed by atoms with Gasteiger partial charge in [-0.05, 0) is 40.3 Å². The number of hydrogen-bond acceptors (Lipinski definition) is 4. The minimum atomic E-state index is -0.518. The van der Waals surface area contributed by atoms with E-state index in [2.05, 4.69) is 5.32 Å². The van der Waals surface area contributed by atoms with Gasteiger partial charge in [-0.1, -0.05) is 18.2 Å². The molecule has 6 heteroatoms. The highest BCUT2D eigenvalue weighted by molar-refractivity contribution is 7.17. The Hall–Kier alpha value is -2.18. The molecule has 0 unspecified atom stereocenters. The lowest BCUT2D eigenvalue weighted by Crippen LogP contribution is -2.18. The summed E-state index contributed by atoms with van der Waals surface area (Å²) in [6.07, 6.45) is 0.277. The normalized spacial score (nSPS) is 10.8. The Morgan fingerprint density at radius 3 is 2.73 bits per heavy atom. The zero-order valence-corrected chi connectivity index (χ0v) is 13.5. The molecule has 3 aromatic rings. The predicted octanol–water partition coefficient (Wildman–Crippen LogP) is 3.55. The van der Waals surface area contributed by atoms with Gasteiger partial charge in [0.25, 0.3) is 5.91 Å². The van der Waals surface area contributed by atoms with Crippen LogP contribution < -0.4 is 11.1 Å². The van der Waals surface area contributed by atoms with Crippen molar-refractivity contribution in [1.82, 2.24) is 0 Å². The number of benzene rings is 1. The largest absolute Gasteiger partial charge is 0.365 e. The maximum atomic E-state index is 12.3. The third kappa shape index (κ3) is 2.75. The van der Waals surface area contributed by atoms with Gasteiger partial charge in [-0.15, -0.1) is 22.7 Å². The summed E-state index contributed by atoms with van der Waals surface area (Å²) in [5, 5.41) is 8.23. The maximum absolute atomic E-state index is 12.3. The fourth-order valence-electron chi connectivity index (χ4n) is 2.36. The second kappa shape index (κ2) is 5.90. The topological polar surface area (TPSA) is 72.2 Å². The Bertz CT molecular complexity index is 864. The Morgan fingerprint density at radius 2 is 1.95 bits per heavy atom. The minimum Gasteiger partial charge on any atom is -0.365 e. The summed E-state index contributed by atoms with van der Waals surface area (Å²) in [4.78, 5) is 23.7. The Morgan fingerprint density at radius 1 is 1.18 bits per heavy atom. The van der Waals surface area contributed by atoms with Crippen LogP contribution in [-0.2, 0) is 11.2 Å². The number of nitrogens with two attached hydrogens (primary N) is 1. The second-order valence-corrected chi connectivity index (χ2v) is 6.76. The minimum absolute atomic E-state index is 0.145. The molecule has 3 N–H and O–H groups in total. The van der Waals surface area contributed by atoms with Crippen LogP contribution in [0, 0.1) is 6.92 Å². The quantitative estimate of drug-likeness (QED) is 0.768. The van der Waals surface area contributed by atoms with Crippen molar-refractivity contribution in [2.24, 2.45) is 5.73 Å². The SMILES string of the molecule is Cc1csc(NC(=O)Cc2csc3ccccc23)c1C(N)=O. The molecule has 0 radical (unpaired) electrons. The molecular weight excluding hydrogens is 316 g/mol. The zero-order chi connectivity index (χ0) is 15.7. The molecule has 2 aromatic heterocycles. The first-order valence-electron chi connectivity index (χ1n) is 6.69. The number of hydrogen-bond donors (Lipinski definition) is 2. The predicted molar refractivity (Wildman–Crippen MR) is 91.7 cm³/mol. The summed E-state index contributed by atoms with van der Waals surface area (Å²) in [5.41, 5.74) is 7.54. The van der Waals surface area contributed by atoms with E-state index in [0.29, 0.717) is 10.6 Å².